The number of hydrogen-bond acceptors (Lipinski definition) is 9. The normalized spacial score (nSPS) is 33.6. The van der Waals surface area contributed by atoms with Crippen LogP contribution < -0.4 is 5.32 Å². The fourth-order valence-corrected chi connectivity index (χ4v) is 7.60. The van der Waals surface area contributed by atoms with Crippen LogP contribution in [-0.4, -0.2) is 57.6 Å². The van der Waals surface area contributed by atoms with Crippen molar-refractivity contribution in [3.05, 3.63) is 65.2 Å². The zero-order chi connectivity index (χ0) is 32.6. The van der Waals surface area contributed by atoms with Gasteiger partial charge in [0, 0.05) is 37.6 Å². The number of rotatable bonds is 4. The highest BCUT2D eigenvalue weighted by Gasteiger charge is 2.81. The maximum atomic E-state index is 14.9. The van der Waals surface area contributed by atoms with Gasteiger partial charge >= 0.3 is 17.9 Å². The zero-order valence-corrected chi connectivity index (χ0v) is 26.4. The van der Waals surface area contributed by atoms with E-state index in [4.69, 9.17) is 18.9 Å². The number of fused-ring (bicyclic) bond motifs is 2. The van der Waals surface area contributed by atoms with Gasteiger partial charge in [-0.15, -0.1) is 0 Å². The SMILES string of the molecule is CC(=O)OC1(C)C(C)(C)OC(C)(C2C(=O)C(=C3C(=O)Nc4ccccc43)c3ccccc32)C(C)(OC(C)=O)C1(C)OC(C)=O. The molecule has 1 fully saturated rings. The first-order valence-electron chi connectivity index (χ1n) is 14.4. The minimum Gasteiger partial charge on any atom is -0.452 e. The Kier molecular flexibility index (Phi) is 6.97. The molecule has 0 aromatic heterocycles. The third-order valence-corrected chi connectivity index (χ3v) is 9.95. The van der Waals surface area contributed by atoms with E-state index in [0.717, 1.165) is 0 Å². The van der Waals surface area contributed by atoms with E-state index in [0.29, 0.717) is 22.4 Å². The van der Waals surface area contributed by atoms with Crippen molar-refractivity contribution in [1.29, 1.82) is 0 Å². The Bertz CT molecular complexity index is 1670. The highest BCUT2D eigenvalue weighted by molar-refractivity contribution is 6.47. The van der Waals surface area contributed by atoms with Crippen LogP contribution in [0.2, 0.25) is 0 Å². The number of esters is 3. The molecule has 5 atom stereocenters. The van der Waals surface area contributed by atoms with Gasteiger partial charge in [-0.1, -0.05) is 42.5 Å². The Morgan fingerprint density at radius 2 is 1.18 bits per heavy atom. The summed E-state index contributed by atoms with van der Waals surface area (Å²) in [5.74, 6) is -4.17. The fourth-order valence-electron chi connectivity index (χ4n) is 7.60. The van der Waals surface area contributed by atoms with Crippen LogP contribution in [0.4, 0.5) is 5.69 Å². The molecule has 0 saturated carbocycles. The molecule has 2 aliphatic heterocycles. The van der Waals surface area contributed by atoms with E-state index in [-0.39, 0.29) is 11.1 Å². The van der Waals surface area contributed by atoms with Gasteiger partial charge in [0.2, 0.25) is 0 Å². The average molecular weight is 604 g/mol. The molecule has 232 valence electrons. The topological polar surface area (TPSA) is 134 Å². The smallest absolute Gasteiger partial charge is 0.303 e. The third-order valence-electron chi connectivity index (χ3n) is 9.95. The molecule has 10 nitrogen and oxygen atoms in total. The van der Waals surface area contributed by atoms with E-state index in [9.17, 15) is 24.0 Å². The van der Waals surface area contributed by atoms with Gasteiger partial charge in [-0.25, -0.2) is 0 Å². The fraction of sp³-hybridized carbons (Fsp3) is 0.441. The number of hydrogen-bond donors (Lipinski definition) is 1. The molecule has 3 aliphatic rings. The van der Waals surface area contributed by atoms with Gasteiger partial charge in [0.05, 0.1) is 11.5 Å². The summed E-state index contributed by atoms with van der Waals surface area (Å²) >= 11 is 0. The predicted molar refractivity (Wildman–Crippen MR) is 160 cm³/mol. The first kappa shape index (κ1) is 31.1. The van der Waals surface area contributed by atoms with Crippen LogP contribution in [0.25, 0.3) is 11.1 Å². The standard InChI is InChI=1S/C34H37NO9/c1-18(36)41-32(7)30(4,5)44-31(6,33(8,42-19(2)37)34(32,9)43-20(3)38)27-22-15-11-10-14-21(22)25(28(27)39)26-23-16-12-13-17-24(23)35-29(26)40/h10-17,27H,1-9H3,(H,35,40). The number of amides is 1. The molecule has 0 spiro atoms. The lowest BCUT2D eigenvalue weighted by Gasteiger charge is -2.68. The monoisotopic (exact) mass is 603 g/mol. The third kappa shape index (κ3) is 4.00. The minimum atomic E-state index is -1.94. The summed E-state index contributed by atoms with van der Waals surface area (Å²) in [6.07, 6.45) is 0. The van der Waals surface area contributed by atoms with E-state index in [1.165, 1.54) is 34.6 Å². The Labute approximate surface area is 256 Å². The van der Waals surface area contributed by atoms with Crippen LogP contribution in [0.15, 0.2) is 48.5 Å². The van der Waals surface area contributed by atoms with Gasteiger partial charge < -0.3 is 24.3 Å². The second kappa shape index (κ2) is 9.85. The van der Waals surface area contributed by atoms with Gasteiger partial charge in [-0.3, -0.25) is 24.0 Å². The summed E-state index contributed by atoms with van der Waals surface area (Å²) in [5, 5.41) is 2.84. The van der Waals surface area contributed by atoms with Crippen molar-refractivity contribution >= 4 is 46.4 Å². The van der Waals surface area contributed by atoms with E-state index in [1.54, 1.807) is 76.2 Å². The molecule has 5 unspecified atom stereocenters. The number of allylic oxidation sites excluding steroid dienone is 1. The Balaban J connectivity index is 1.84. The maximum Gasteiger partial charge on any atom is 0.303 e. The van der Waals surface area contributed by atoms with Crippen molar-refractivity contribution in [2.75, 3.05) is 5.32 Å². The number of anilines is 1. The molecule has 10 heteroatoms. The highest BCUT2D eigenvalue weighted by atomic mass is 16.7. The van der Waals surface area contributed by atoms with Crippen LogP contribution in [-0.2, 0) is 42.9 Å². The second-order valence-corrected chi connectivity index (χ2v) is 12.7. The minimum absolute atomic E-state index is 0.198. The van der Waals surface area contributed by atoms with Crippen molar-refractivity contribution in [3.63, 3.8) is 0 Å². The maximum absolute atomic E-state index is 14.9. The van der Waals surface area contributed by atoms with E-state index in [1.807, 2.05) is 0 Å². The summed E-state index contributed by atoms with van der Waals surface area (Å²) < 4.78 is 25.0. The zero-order valence-electron chi connectivity index (χ0n) is 26.4. The van der Waals surface area contributed by atoms with Crippen molar-refractivity contribution in [3.8, 4) is 0 Å². The summed E-state index contributed by atoms with van der Waals surface area (Å²) in [7, 11) is 0. The van der Waals surface area contributed by atoms with Gasteiger partial charge in [0.25, 0.3) is 5.91 Å². The van der Waals surface area contributed by atoms with Crippen LogP contribution >= 0.6 is 0 Å². The Morgan fingerprint density at radius 3 is 1.77 bits per heavy atom. The molecule has 44 heavy (non-hydrogen) atoms. The molecule has 0 bridgehead atoms. The molecular weight excluding hydrogens is 566 g/mol. The van der Waals surface area contributed by atoms with Crippen LogP contribution in [0, 0.1) is 0 Å². The second-order valence-electron chi connectivity index (χ2n) is 12.7. The molecule has 0 radical (unpaired) electrons. The van der Waals surface area contributed by atoms with Crippen LogP contribution in [0.3, 0.4) is 0 Å². The molecule has 2 aromatic carbocycles. The number of nitrogens with one attached hydrogen (secondary N) is 1. The predicted octanol–water partition coefficient (Wildman–Crippen LogP) is 4.75. The number of benzene rings is 2. The molecule has 1 amide bonds. The molecule has 2 aromatic rings. The van der Waals surface area contributed by atoms with E-state index >= 15 is 0 Å². The molecule has 1 aliphatic carbocycles. The number of ether oxygens (including phenoxy) is 4. The Hall–Kier alpha value is -4.31. The average Bonchev–Trinajstić information content (AvgIpc) is 3.38. The van der Waals surface area contributed by atoms with Crippen molar-refractivity contribution in [2.24, 2.45) is 0 Å². The number of para-hydroxylation sites is 1. The molecule has 2 heterocycles. The summed E-state index contributed by atoms with van der Waals surface area (Å²) in [6.45, 7) is 13.2. The summed E-state index contributed by atoms with van der Waals surface area (Å²) in [6, 6.07) is 14.2. The Morgan fingerprint density at radius 1 is 0.682 bits per heavy atom. The van der Waals surface area contributed by atoms with E-state index < -0.39 is 63.5 Å². The molecule has 1 saturated heterocycles. The molecule has 1 N–H and O–H groups in total. The largest absolute Gasteiger partial charge is 0.452 e. The lowest BCUT2D eigenvalue weighted by atomic mass is 9.54. The highest BCUT2D eigenvalue weighted by Crippen LogP contribution is 2.64. The van der Waals surface area contributed by atoms with Crippen molar-refractivity contribution in [2.45, 2.75) is 96.2 Å². The molecular formula is C34H37NO9. The van der Waals surface area contributed by atoms with Crippen molar-refractivity contribution in [1.82, 2.24) is 0 Å². The van der Waals surface area contributed by atoms with Gasteiger partial charge in [-0.2, -0.15) is 0 Å². The summed E-state index contributed by atoms with van der Waals surface area (Å²) in [4.78, 5) is 66.5. The van der Waals surface area contributed by atoms with Crippen LogP contribution in [0.1, 0.15) is 84.9 Å². The molecule has 5 rings (SSSR count). The first-order valence-corrected chi connectivity index (χ1v) is 14.4. The number of carbonyl (C=O) groups is 5. The quantitative estimate of drug-likeness (QED) is 0.299. The summed E-state index contributed by atoms with van der Waals surface area (Å²) in [5.41, 5.74) is -6.10. The first-order chi connectivity index (χ1) is 20.3. The van der Waals surface area contributed by atoms with Gasteiger partial charge in [0.15, 0.2) is 22.6 Å². The van der Waals surface area contributed by atoms with Gasteiger partial charge in [-0.05, 0) is 58.7 Å². The lowest BCUT2D eigenvalue weighted by Crippen LogP contribution is -2.86. The van der Waals surface area contributed by atoms with Crippen molar-refractivity contribution < 1.29 is 42.9 Å². The number of Topliss-reactive ketones (excluding diaryl/α,β-unsaturated/α-hetero) is 1. The number of carbonyl (C=O) groups excluding carboxylic acids is 5. The van der Waals surface area contributed by atoms with Gasteiger partial charge in [0.1, 0.15) is 11.2 Å². The van der Waals surface area contributed by atoms with E-state index in [2.05, 4.69) is 5.32 Å². The lowest BCUT2D eigenvalue weighted by molar-refractivity contribution is -0.396. The van der Waals surface area contributed by atoms with Crippen LogP contribution in [0.5, 0.6) is 0 Å². The number of ketones is 1.